The van der Waals surface area contributed by atoms with Crippen molar-refractivity contribution in [2.45, 2.75) is 0 Å². The van der Waals surface area contributed by atoms with Crippen molar-refractivity contribution in [3.63, 3.8) is 0 Å². The van der Waals surface area contributed by atoms with Crippen LogP contribution in [-0.4, -0.2) is 23.8 Å². The summed E-state index contributed by atoms with van der Waals surface area (Å²) in [5.74, 6) is 1.94. The van der Waals surface area contributed by atoms with Crippen molar-refractivity contribution >= 4 is 54.5 Å². The predicted molar refractivity (Wildman–Crippen MR) is 188 cm³/mol. The molecular weight excluding hydrogens is 562 g/mol. The van der Waals surface area contributed by atoms with E-state index in [0.717, 1.165) is 38.6 Å². The number of hydrogen-bond donors (Lipinski definition) is 0. The first-order valence-corrected chi connectivity index (χ1v) is 15.5. The molecule has 0 spiro atoms. The predicted octanol–water partition coefficient (Wildman–Crippen LogP) is 9.99. The SMILES string of the molecule is c1ccc(-c2nc(-c3ccccc3)nc(-c3ccc4c5cccc6ccn(c7cccc8c9ccccc9n(c4c3)c87)c65)n2)cc1. The minimum Gasteiger partial charge on any atom is -0.314 e. The van der Waals surface area contributed by atoms with Crippen LogP contribution < -0.4 is 0 Å². The van der Waals surface area contributed by atoms with Crippen molar-refractivity contribution in [1.82, 2.24) is 23.8 Å². The van der Waals surface area contributed by atoms with Crippen molar-refractivity contribution in [2.24, 2.45) is 0 Å². The van der Waals surface area contributed by atoms with Gasteiger partial charge in [-0.05, 0) is 24.3 Å². The molecule has 0 saturated heterocycles. The molecule has 10 rings (SSSR count). The third kappa shape index (κ3) is 3.60. The summed E-state index contributed by atoms with van der Waals surface area (Å²) in [5, 5.41) is 6.01. The van der Waals surface area contributed by atoms with Gasteiger partial charge in [-0.3, -0.25) is 0 Å². The molecule has 0 fully saturated rings. The fourth-order valence-electron chi connectivity index (χ4n) is 7.08. The first kappa shape index (κ1) is 25.0. The van der Waals surface area contributed by atoms with Crippen molar-refractivity contribution in [3.8, 4) is 34.2 Å². The molecule has 6 aromatic carbocycles. The van der Waals surface area contributed by atoms with Gasteiger partial charge in [-0.2, -0.15) is 0 Å². The van der Waals surface area contributed by atoms with Crippen molar-refractivity contribution in [2.75, 3.05) is 0 Å². The monoisotopic (exact) mass is 587 g/mol. The topological polar surface area (TPSA) is 47.5 Å². The highest BCUT2D eigenvalue weighted by atomic mass is 15.0. The lowest BCUT2D eigenvalue weighted by atomic mass is 10.0. The van der Waals surface area contributed by atoms with Gasteiger partial charge in [-0.1, -0.05) is 121 Å². The maximum atomic E-state index is 5.06. The van der Waals surface area contributed by atoms with Gasteiger partial charge in [0.15, 0.2) is 17.5 Å². The van der Waals surface area contributed by atoms with E-state index in [1.807, 2.05) is 60.7 Å². The van der Waals surface area contributed by atoms with Gasteiger partial charge >= 0.3 is 0 Å². The molecule has 10 aromatic rings. The van der Waals surface area contributed by atoms with Crippen LogP contribution >= 0.6 is 0 Å². The van der Waals surface area contributed by atoms with Gasteiger partial charge in [0.25, 0.3) is 0 Å². The molecular formula is C41H25N5. The lowest BCUT2D eigenvalue weighted by Gasteiger charge is -2.12. The molecule has 5 heteroatoms. The fraction of sp³-hybridized carbons (Fsp3) is 0. The Hall–Kier alpha value is -6.33. The van der Waals surface area contributed by atoms with E-state index < -0.39 is 0 Å². The Morgan fingerprint density at radius 3 is 1.67 bits per heavy atom. The maximum absolute atomic E-state index is 5.06. The molecule has 4 aromatic heterocycles. The highest BCUT2D eigenvalue weighted by Gasteiger charge is 2.18. The summed E-state index contributed by atoms with van der Waals surface area (Å²) in [5.41, 5.74) is 8.64. The molecule has 0 aliphatic rings. The number of fused-ring (bicyclic) bond motifs is 7. The van der Waals surface area contributed by atoms with Crippen LogP contribution in [-0.2, 0) is 0 Å². The Morgan fingerprint density at radius 1 is 0.370 bits per heavy atom. The van der Waals surface area contributed by atoms with Gasteiger partial charge in [0.2, 0.25) is 0 Å². The molecule has 46 heavy (non-hydrogen) atoms. The summed E-state index contributed by atoms with van der Waals surface area (Å²) in [4.78, 5) is 15.1. The Kier molecular flexibility index (Phi) is 5.22. The van der Waals surface area contributed by atoms with Crippen LogP contribution in [0.5, 0.6) is 0 Å². The molecule has 0 bridgehead atoms. The van der Waals surface area contributed by atoms with E-state index in [9.17, 15) is 0 Å². The van der Waals surface area contributed by atoms with Crippen molar-refractivity contribution < 1.29 is 0 Å². The summed E-state index contributed by atoms with van der Waals surface area (Å²) < 4.78 is 4.78. The van der Waals surface area contributed by atoms with Crippen molar-refractivity contribution in [1.29, 1.82) is 0 Å². The Labute approximate surface area is 263 Å². The third-order valence-electron chi connectivity index (χ3n) is 9.13. The number of rotatable bonds is 3. The lowest BCUT2D eigenvalue weighted by Crippen LogP contribution is -2.00. The van der Waals surface area contributed by atoms with Crippen LogP contribution in [0.25, 0.3) is 88.7 Å². The summed E-state index contributed by atoms with van der Waals surface area (Å²) in [6.45, 7) is 0. The number of para-hydroxylation sites is 3. The van der Waals surface area contributed by atoms with Gasteiger partial charge in [0.1, 0.15) is 0 Å². The van der Waals surface area contributed by atoms with Crippen LogP contribution in [0, 0.1) is 0 Å². The number of aromatic nitrogens is 5. The molecule has 0 N–H and O–H groups in total. The average molecular weight is 588 g/mol. The fourth-order valence-corrected chi connectivity index (χ4v) is 7.08. The summed E-state index contributed by atoms with van der Waals surface area (Å²) >= 11 is 0. The number of benzene rings is 6. The molecule has 0 atom stereocenters. The van der Waals surface area contributed by atoms with E-state index in [1.165, 1.54) is 32.6 Å². The average Bonchev–Trinajstić information content (AvgIpc) is 3.71. The second-order valence-corrected chi connectivity index (χ2v) is 11.7. The van der Waals surface area contributed by atoms with E-state index in [-0.39, 0.29) is 0 Å². The third-order valence-corrected chi connectivity index (χ3v) is 9.13. The summed E-state index contributed by atoms with van der Waals surface area (Å²) in [7, 11) is 0. The lowest BCUT2D eigenvalue weighted by molar-refractivity contribution is 1.07. The van der Waals surface area contributed by atoms with E-state index in [2.05, 4.69) is 99.9 Å². The molecule has 5 nitrogen and oxygen atoms in total. The maximum Gasteiger partial charge on any atom is 0.164 e. The largest absolute Gasteiger partial charge is 0.314 e. The van der Waals surface area contributed by atoms with Gasteiger partial charge in [-0.15, -0.1) is 0 Å². The second kappa shape index (κ2) is 9.58. The van der Waals surface area contributed by atoms with Crippen LogP contribution in [0.2, 0.25) is 0 Å². The zero-order chi connectivity index (χ0) is 30.2. The Morgan fingerprint density at radius 2 is 0.935 bits per heavy atom. The van der Waals surface area contributed by atoms with Crippen LogP contribution in [0.1, 0.15) is 0 Å². The summed E-state index contributed by atoms with van der Waals surface area (Å²) in [6, 6.07) is 51.0. The van der Waals surface area contributed by atoms with Crippen molar-refractivity contribution in [3.05, 3.63) is 152 Å². The standard InChI is InChI=1S/C41H25N5/c1-3-11-27(12-4-1)39-42-40(28-13-5-2-6-14-28)44-41(43-39)29-21-22-31-32-17-9-15-26-23-24-45(37(26)32)35-20-10-18-33-30-16-7-8-19-34(30)46(38(33)35)36(31)25-29/h1-25H. The molecule has 0 aliphatic carbocycles. The molecule has 0 aliphatic heterocycles. The Bertz CT molecular complexity index is 2740. The van der Waals surface area contributed by atoms with E-state index >= 15 is 0 Å². The first-order chi connectivity index (χ1) is 22.8. The van der Waals surface area contributed by atoms with Crippen LogP contribution in [0.3, 0.4) is 0 Å². The van der Waals surface area contributed by atoms with E-state index in [4.69, 9.17) is 15.0 Å². The molecule has 0 amide bonds. The molecule has 0 saturated carbocycles. The number of nitrogens with zero attached hydrogens (tertiary/aromatic N) is 5. The minimum atomic E-state index is 0.639. The number of hydrogen-bond acceptors (Lipinski definition) is 3. The zero-order valence-electron chi connectivity index (χ0n) is 24.7. The van der Waals surface area contributed by atoms with Gasteiger partial charge in [0, 0.05) is 49.8 Å². The van der Waals surface area contributed by atoms with E-state index in [1.54, 1.807) is 0 Å². The smallest absolute Gasteiger partial charge is 0.164 e. The van der Waals surface area contributed by atoms with Crippen LogP contribution in [0.15, 0.2) is 152 Å². The Balaban J connectivity index is 1.38. The molecule has 0 radical (unpaired) electrons. The van der Waals surface area contributed by atoms with Crippen LogP contribution in [0.4, 0.5) is 0 Å². The van der Waals surface area contributed by atoms with Gasteiger partial charge < -0.3 is 8.80 Å². The summed E-state index contributed by atoms with van der Waals surface area (Å²) in [6.07, 6.45) is 2.20. The minimum absolute atomic E-state index is 0.639. The molecule has 0 unspecified atom stereocenters. The normalized spacial score (nSPS) is 11.9. The highest BCUT2D eigenvalue weighted by Crippen LogP contribution is 2.38. The highest BCUT2D eigenvalue weighted by molar-refractivity contribution is 6.18. The van der Waals surface area contributed by atoms with E-state index in [0.29, 0.717) is 17.5 Å². The zero-order valence-corrected chi connectivity index (χ0v) is 24.7. The van der Waals surface area contributed by atoms with Gasteiger partial charge in [-0.25, -0.2) is 15.0 Å². The first-order valence-electron chi connectivity index (χ1n) is 15.5. The molecule has 214 valence electrons. The van der Waals surface area contributed by atoms with Gasteiger partial charge in [0.05, 0.1) is 27.6 Å². The molecule has 4 heterocycles. The quantitative estimate of drug-likeness (QED) is 0.207. The second-order valence-electron chi connectivity index (χ2n) is 11.7.